The Labute approximate surface area is 136 Å². The summed E-state index contributed by atoms with van der Waals surface area (Å²) in [5.41, 5.74) is 8.31. The monoisotopic (exact) mass is 307 g/mol. The Balaban J connectivity index is 1.59. The van der Waals surface area contributed by atoms with Gasteiger partial charge in [0.1, 0.15) is 0 Å². The van der Waals surface area contributed by atoms with Crippen LogP contribution in [-0.2, 0) is 4.74 Å². The van der Waals surface area contributed by atoms with E-state index >= 15 is 0 Å². The minimum Gasteiger partial charge on any atom is -0.441 e. The second-order valence-electron chi connectivity index (χ2n) is 6.20. The highest BCUT2D eigenvalue weighted by Gasteiger charge is 2.27. The largest absolute Gasteiger partial charge is 0.441 e. The molecule has 2 unspecified atom stereocenters. The minimum atomic E-state index is -0.974. The molecule has 2 aromatic carbocycles. The van der Waals surface area contributed by atoms with Crippen molar-refractivity contribution in [3.05, 3.63) is 77.4 Å². The van der Waals surface area contributed by atoms with Crippen LogP contribution in [0.1, 0.15) is 47.2 Å². The van der Waals surface area contributed by atoms with Crippen LogP contribution in [0.25, 0.3) is 6.08 Å². The summed E-state index contributed by atoms with van der Waals surface area (Å²) >= 11 is 0. The molecule has 3 rings (SSSR count). The van der Waals surface area contributed by atoms with Crippen LogP contribution in [0.2, 0.25) is 0 Å². The molecule has 1 aliphatic rings. The molecule has 0 saturated carbocycles. The zero-order chi connectivity index (χ0) is 16.3. The van der Waals surface area contributed by atoms with Crippen molar-refractivity contribution in [3.63, 3.8) is 0 Å². The van der Waals surface area contributed by atoms with Gasteiger partial charge in [0.15, 0.2) is 5.72 Å². The first kappa shape index (κ1) is 15.5. The summed E-state index contributed by atoms with van der Waals surface area (Å²) in [6.45, 7) is 1.76. The maximum atomic E-state index is 12.1. The first-order valence-electron chi connectivity index (χ1n) is 7.89. The van der Waals surface area contributed by atoms with Gasteiger partial charge in [-0.1, -0.05) is 54.6 Å². The third kappa shape index (κ3) is 3.69. The zero-order valence-corrected chi connectivity index (χ0v) is 13.2. The molecule has 1 aliphatic carbocycles. The number of fused-ring (bicyclic) bond motifs is 1. The number of nitrogens with two attached hydrogens (primary N) is 1. The molecule has 0 heterocycles. The number of ether oxygens (including phenoxy) is 1. The molecule has 0 fully saturated rings. The van der Waals surface area contributed by atoms with E-state index in [1.807, 2.05) is 24.3 Å². The van der Waals surface area contributed by atoms with Crippen molar-refractivity contribution in [2.45, 2.75) is 31.4 Å². The maximum Gasteiger partial charge on any atom is 0.339 e. The number of carbonyl (C=O) groups is 1. The number of benzene rings is 2. The number of rotatable bonds is 5. The predicted molar refractivity (Wildman–Crippen MR) is 91.9 cm³/mol. The number of hydrogen-bond acceptors (Lipinski definition) is 3. The highest BCUT2D eigenvalue weighted by Crippen LogP contribution is 2.34. The lowest BCUT2D eigenvalue weighted by Gasteiger charge is -2.26. The van der Waals surface area contributed by atoms with E-state index in [9.17, 15) is 4.79 Å². The van der Waals surface area contributed by atoms with Gasteiger partial charge in [-0.05, 0) is 36.6 Å². The molecule has 3 nitrogen and oxygen atoms in total. The zero-order valence-electron chi connectivity index (χ0n) is 13.2. The quantitative estimate of drug-likeness (QED) is 0.668. The minimum absolute atomic E-state index is 0.338. The van der Waals surface area contributed by atoms with Crippen LogP contribution in [0.15, 0.2) is 60.7 Å². The van der Waals surface area contributed by atoms with Gasteiger partial charge in [0.2, 0.25) is 0 Å². The second kappa shape index (κ2) is 6.39. The molecule has 118 valence electrons. The van der Waals surface area contributed by atoms with E-state index in [1.165, 1.54) is 11.1 Å². The molecule has 0 bridgehead atoms. The molecule has 0 saturated heterocycles. The van der Waals surface area contributed by atoms with E-state index in [2.05, 4.69) is 30.4 Å². The molecule has 2 atom stereocenters. The highest BCUT2D eigenvalue weighted by atomic mass is 16.6. The van der Waals surface area contributed by atoms with E-state index < -0.39 is 5.72 Å². The van der Waals surface area contributed by atoms with Gasteiger partial charge in [0.25, 0.3) is 0 Å². The van der Waals surface area contributed by atoms with E-state index in [4.69, 9.17) is 10.5 Å². The van der Waals surface area contributed by atoms with Gasteiger partial charge in [-0.2, -0.15) is 0 Å². The van der Waals surface area contributed by atoms with Crippen molar-refractivity contribution in [2.75, 3.05) is 0 Å². The molecule has 23 heavy (non-hydrogen) atoms. The Kier molecular flexibility index (Phi) is 4.30. The SMILES string of the molecule is CC(N)(CCC1C=Cc2ccccc21)OC(=O)c1ccccc1. The van der Waals surface area contributed by atoms with Crippen LogP contribution in [-0.4, -0.2) is 11.7 Å². The average Bonchev–Trinajstić information content (AvgIpc) is 2.97. The van der Waals surface area contributed by atoms with E-state index in [0.29, 0.717) is 17.9 Å². The first-order valence-corrected chi connectivity index (χ1v) is 7.89. The molecular formula is C20H21NO2. The lowest BCUT2D eigenvalue weighted by Crippen LogP contribution is -2.41. The Bertz CT molecular complexity index is 719. The summed E-state index contributed by atoms with van der Waals surface area (Å²) in [6.07, 6.45) is 5.79. The van der Waals surface area contributed by atoms with Gasteiger partial charge < -0.3 is 4.74 Å². The molecule has 2 N–H and O–H groups in total. The van der Waals surface area contributed by atoms with Gasteiger partial charge in [-0.3, -0.25) is 5.73 Å². The van der Waals surface area contributed by atoms with Crippen molar-refractivity contribution in [2.24, 2.45) is 5.73 Å². The van der Waals surface area contributed by atoms with Crippen LogP contribution in [0.5, 0.6) is 0 Å². The van der Waals surface area contributed by atoms with Gasteiger partial charge in [0, 0.05) is 12.3 Å². The molecule has 0 aliphatic heterocycles. The lowest BCUT2D eigenvalue weighted by atomic mass is 9.93. The number of esters is 1. The van der Waals surface area contributed by atoms with Crippen LogP contribution in [0.4, 0.5) is 0 Å². The Morgan fingerprint density at radius 2 is 1.83 bits per heavy atom. The van der Waals surface area contributed by atoms with Crippen LogP contribution in [0, 0.1) is 0 Å². The Morgan fingerprint density at radius 1 is 1.13 bits per heavy atom. The number of carbonyl (C=O) groups excluding carboxylic acids is 1. The van der Waals surface area contributed by atoms with Crippen molar-refractivity contribution < 1.29 is 9.53 Å². The van der Waals surface area contributed by atoms with Gasteiger partial charge in [-0.25, -0.2) is 4.79 Å². The van der Waals surface area contributed by atoms with Crippen molar-refractivity contribution in [1.82, 2.24) is 0 Å². The molecule has 2 aromatic rings. The summed E-state index contributed by atoms with van der Waals surface area (Å²) in [5.74, 6) is -0.0394. The lowest BCUT2D eigenvalue weighted by molar-refractivity contribution is -0.0115. The van der Waals surface area contributed by atoms with Crippen molar-refractivity contribution in [1.29, 1.82) is 0 Å². The number of hydrogen-bond donors (Lipinski definition) is 1. The predicted octanol–water partition coefficient (Wildman–Crippen LogP) is 4.11. The summed E-state index contributed by atoms with van der Waals surface area (Å²) in [4.78, 5) is 12.1. The summed E-state index contributed by atoms with van der Waals surface area (Å²) in [7, 11) is 0. The standard InChI is InChI=1S/C20H21NO2/c1-20(21,23-19(22)17-8-3-2-4-9-17)14-13-16-12-11-15-7-5-6-10-18(15)16/h2-12,16H,13-14,21H2,1H3. The van der Waals surface area contributed by atoms with Crippen molar-refractivity contribution in [3.8, 4) is 0 Å². The van der Waals surface area contributed by atoms with Crippen LogP contribution < -0.4 is 5.73 Å². The highest BCUT2D eigenvalue weighted by molar-refractivity contribution is 5.89. The topological polar surface area (TPSA) is 52.3 Å². The molecule has 0 spiro atoms. The molecule has 0 radical (unpaired) electrons. The van der Waals surface area contributed by atoms with E-state index in [-0.39, 0.29) is 5.97 Å². The van der Waals surface area contributed by atoms with Crippen molar-refractivity contribution >= 4 is 12.0 Å². The summed E-state index contributed by atoms with van der Waals surface area (Å²) in [5, 5.41) is 0. The normalized spacial score (nSPS) is 18.3. The summed E-state index contributed by atoms with van der Waals surface area (Å²) < 4.78 is 5.49. The molecule has 3 heteroatoms. The molecular weight excluding hydrogens is 286 g/mol. The smallest absolute Gasteiger partial charge is 0.339 e. The summed E-state index contributed by atoms with van der Waals surface area (Å²) in [6, 6.07) is 17.3. The Morgan fingerprint density at radius 3 is 2.61 bits per heavy atom. The molecule has 0 amide bonds. The number of allylic oxidation sites excluding steroid dienone is 1. The fourth-order valence-electron chi connectivity index (χ4n) is 2.91. The van der Waals surface area contributed by atoms with Crippen LogP contribution in [0.3, 0.4) is 0 Å². The fraction of sp³-hybridized carbons (Fsp3) is 0.250. The van der Waals surface area contributed by atoms with E-state index in [1.54, 1.807) is 19.1 Å². The van der Waals surface area contributed by atoms with E-state index in [0.717, 1.165) is 6.42 Å². The maximum absolute atomic E-state index is 12.1. The van der Waals surface area contributed by atoms with Gasteiger partial charge in [0.05, 0.1) is 5.56 Å². The second-order valence-corrected chi connectivity index (χ2v) is 6.20. The fourth-order valence-corrected chi connectivity index (χ4v) is 2.91. The Hall–Kier alpha value is -2.39. The third-order valence-electron chi connectivity index (χ3n) is 4.19. The molecule has 0 aromatic heterocycles. The van der Waals surface area contributed by atoms with Gasteiger partial charge in [-0.15, -0.1) is 0 Å². The third-order valence-corrected chi connectivity index (χ3v) is 4.19. The average molecular weight is 307 g/mol. The van der Waals surface area contributed by atoms with Gasteiger partial charge >= 0.3 is 5.97 Å². The first-order chi connectivity index (χ1) is 11.1. The van der Waals surface area contributed by atoms with Crippen LogP contribution >= 0.6 is 0 Å².